The van der Waals surface area contributed by atoms with E-state index in [1.165, 1.54) is 161 Å². The molecule has 0 aliphatic carbocycles. The molecule has 0 saturated carbocycles. The maximum atomic E-state index is 13.3. The first-order valence-electron chi connectivity index (χ1n) is 36.6. The lowest BCUT2D eigenvalue weighted by Crippen LogP contribution is -2.65. The third kappa shape index (κ3) is 44.1. The average molecular weight is 1280 g/mol. The Kier molecular flexibility index (Phi) is 55.5. The van der Waals surface area contributed by atoms with E-state index < -0.39 is 86.8 Å². The fraction of sp³-hybridized carbons (Fsp3) is 0.753. The van der Waals surface area contributed by atoms with Gasteiger partial charge in [0.2, 0.25) is 5.91 Å². The van der Waals surface area contributed by atoms with Crippen LogP contribution in [0.2, 0.25) is 0 Å². The van der Waals surface area contributed by atoms with E-state index in [-0.39, 0.29) is 18.9 Å². The van der Waals surface area contributed by atoms with E-state index in [1.807, 2.05) is 6.08 Å². The predicted octanol–water partition coefficient (Wildman–Crippen LogP) is 15.5. The van der Waals surface area contributed by atoms with Crippen LogP contribution in [0.15, 0.2) is 109 Å². The topological polar surface area (TPSA) is 228 Å². The van der Waals surface area contributed by atoms with Crippen molar-refractivity contribution in [2.45, 2.75) is 351 Å². The molecule has 9 N–H and O–H groups in total. The van der Waals surface area contributed by atoms with Crippen molar-refractivity contribution in [3.8, 4) is 0 Å². The minimum Gasteiger partial charge on any atom is -0.394 e. The van der Waals surface area contributed by atoms with Crippen LogP contribution in [0, 0.1) is 0 Å². The third-order valence-corrected chi connectivity index (χ3v) is 17.2. The second kappa shape index (κ2) is 60.3. The molecule has 0 aromatic heterocycles. The molecule has 524 valence electrons. The molecule has 12 unspecified atom stereocenters. The number of ether oxygens (including phenoxy) is 4. The molecule has 0 spiro atoms. The van der Waals surface area contributed by atoms with Gasteiger partial charge in [-0.15, -0.1) is 0 Å². The summed E-state index contributed by atoms with van der Waals surface area (Å²) in [6, 6.07) is -0.946. The van der Waals surface area contributed by atoms with E-state index in [0.29, 0.717) is 12.8 Å². The molecule has 14 nitrogen and oxygen atoms in total. The summed E-state index contributed by atoms with van der Waals surface area (Å²) >= 11 is 0. The van der Waals surface area contributed by atoms with Gasteiger partial charge in [-0.3, -0.25) is 4.79 Å². The van der Waals surface area contributed by atoms with E-state index in [2.05, 4.69) is 116 Å². The highest BCUT2D eigenvalue weighted by Crippen LogP contribution is 2.30. The molecular weight excluding hydrogens is 1150 g/mol. The summed E-state index contributed by atoms with van der Waals surface area (Å²) in [6.07, 6.45) is 70.0. The smallest absolute Gasteiger partial charge is 0.220 e. The normalized spacial score (nSPS) is 23.5. The van der Waals surface area contributed by atoms with Crippen molar-refractivity contribution in [2.75, 3.05) is 19.8 Å². The third-order valence-electron chi connectivity index (χ3n) is 17.2. The number of carbonyl (C=O) groups is 1. The summed E-state index contributed by atoms with van der Waals surface area (Å²) < 4.78 is 22.8. The Labute approximate surface area is 553 Å². The van der Waals surface area contributed by atoms with Gasteiger partial charge in [0.05, 0.1) is 32.0 Å². The number of aliphatic hydroxyl groups is 8. The minimum atomic E-state index is -1.80. The SMILES string of the molecule is CC/C=C\C/C=C\C/C=C\C/C=C\C/C=C\C/C=C\CCCCCCCCCCCCCCCCC(=O)NC(COC1OC(CO)C(OC2OC(CO)C(O)C(O)C2O)C(O)C1O)C(O)/C=C/CC/C=C/CC/C=C/CCCCCCCCCCCCCCCC. The van der Waals surface area contributed by atoms with Gasteiger partial charge in [-0.2, -0.15) is 0 Å². The number of aliphatic hydroxyl groups excluding tert-OH is 8. The van der Waals surface area contributed by atoms with Gasteiger partial charge in [-0.1, -0.05) is 284 Å². The summed E-state index contributed by atoms with van der Waals surface area (Å²) in [5.74, 6) is -0.256. The molecule has 2 saturated heterocycles. The van der Waals surface area contributed by atoms with Gasteiger partial charge in [0, 0.05) is 6.42 Å². The summed E-state index contributed by atoms with van der Waals surface area (Å²) in [6.45, 7) is 2.68. The maximum absolute atomic E-state index is 13.3. The molecule has 1 amide bonds. The number of hydrogen-bond donors (Lipinski definition) is 9. The minimum absolute atomic E-state index is 0.256. The van der Waals surface area contributed by atoms with E-state index in [4.69, 9.17) is 18.9 Å². The number of allylic oxidation sites excluding steroid dienone is 17. The van der Waals surface area contributed by atoms with E-state index in [0.717, 1.165) is 83.5 Å². The molecule has 14 heteroatoms. The number of nitrogens with one attached hydrogen (secondary N) is 1. The van der Waals surface area contributed by atoms with Crippen LogP contribution in [-0.2, 0) is 23.7 Å². The van der Waals surface area contributed by atoms with Crippen LogP contribution in [0.5, 0.6) is 0 Å². The Morgan fingerprint density at radius 1 is 0.407 bits per heavy atom. The second-order valence-electron chi connectivity index (χ2n) is 25.3. The van der Waals surface area contributed by atoms with Gasteiger partial charge in [-0.05, 0) is 96.3 Å². The van der Waals surface area contributed by atoms with Crippen molar-refractivity contribution >= 4 is 5.91 Å². The van der Waals surface area contributed by atoms with E-state index in [9.17, 15) is 45.6 Å². The van der Waals surface area contributed by atoms with Gasteiger partial charge in [0.1, 0.15) is 48.8 Å². The van der Waals surface area contributed by atoms with Crippen LogP contribution in [0.25, 0.3) is 0 Å². The molecule has 91 heavy (non-hydrogen) atoms. The maximum Gasteiger partial charge on any atom is 0.220 e. The number of rotatable bonds is 59. The highest BCUT2D eigenvalue weighted by atomic mass is 16.7. The molecular formula is C77H133NO13. The Bertz CT molecular complexity index is 1950. The van der Waals surface area contributed by atoms with Crippen molar-refractivity contribution < 1.29 is 64.6 Å². The van der Waals surface area contributed by atoms with E-state index >= 15 is 0 Å². The van der Waals surface area contributed by atoms with Crippen LogP contribution in [0.1, 0.15) is 277 Å². The fourth-order valence-corrected chi connectivity index (χ4v) is 11.4. The predicted molar refractivity (Wildman–Crippen MR) is 373 cm³/mol. The van der Waals surface area contributed by atoms with Gasteiger partial charge in [0.25, 0.3) is 0 Å². The Morgan fingerprint density at radius 2 is 0.769 bits per heavy atom. The monoisotopic (exact) mass is 1280 g/mol. The zero-order valence-electron chi connectivity index (χ0n) is 57.1. The van der Waals surface area contributed by atoms with Crippen molar-refractivity contribution in [1.82, 2.24) is 5.32 Å². The second-order valence-corrected chi connectivity index (χ2v) is 25.3. The van der Waals surface area contributed by atoms with E-state index in [1.54, 1.807) is 6.08 Å². The van der Waals surface area contributed by atoms with Gasteiger partial charge < -0.3 is 65.1 Å². The van der Waals surface area contributed by atoms with Crippen LogP contribution in [0.3, 0.4) is 0 Å². The molecule has 2 aliphatic rings. The number of amides is 1. The average Bonchev–Trinajstić information content (AvgIpc) is 1.28. The number of unbranched alkanes of at least 4 members (excludes halogenated alkanes) is 30. The molecule has 0 radical (unpaired) electrons. The fourth-order valence-electron chi connectivity index (χ4n) is 11.4. The lowest BCUT2D eigenvalue weighted by atomic mass is 9.97. The standard InChI is InChI=1S/C77H133NO13/c1-3-5-7-9-11-13-15-17-19-21-23-25-27-29-30-31-32-33-34-35-36-37-39-41-43-45-47-49-51-53-55-57-59-61-69(82)78-65(64-88-76-74(87)72(85)75(68(63-80)90-76)91-77-73(86)71(84)70(83)67(62-79)89-77)66(81)60-58-56-54-52-50-48-46-44-42-40-38-28-26-24-22-20-18-16-14-12-10-8-6-4-2/h5,7,11,13,17,19,23,25,29-30,32-33,42,44,50,52,58,60,65-68,70-77,79-81,83-87H,3-4,6,8-10,12,14-16,18,20-22,24,26-28,31,34-41,43,45-49,51,53-57,59,61-64H2,1-2H3,(H,78,82)/b7-5-,13-11-,19-17-,25-23-,30-29-,33-32-,44-42+,52-50+,60-58+. The Hall–Kier alpha value is -3.35. The first-order chi connectivity index (χ1) is 44.6. The number of carbonyl (C=O) groups excluding carboxylic acids is 1. The Morgan fingerprint density at radius 3 is 1.21 bits per heavy atom. The van der Waals surface area contributed by atoms with Gasteiger partial charge in [0.15, 0.2) is 12.6 Å². The zero-order valence-corrected chi connectivity index (χ0v) is 57.1. The molecule has 0 aromatic carbocycles. The van der Waals surface area contributed by atoms with Crippen molar-refractivity contribution in [1.29, 1.82) is 0 Å². The summed E-state index contributed by atoms with van der Waals surface area (Å²) in [7, 11) is 0. The van der Waals surface area contributed by atoms with Gasteiger partial charge >= 0.3 is 0 Å². The van der Waals surface area contributed by atoms with Crippen molar-refractivity contribution in [3.05, 3.63) is 109 Å². The summed E-state index contributed by atoms with van der Waals surface area (Å²) in [4.78, 5) is 13.3. The van der Waals surface area contributed by atoms with Crippen LogP contribution in [-0.4, -0.2) is 140 Å². The van der Waals surface area contributed by atoms with Crippen molar-refractivity contribution in [3.63, 3.8) is 0 Å². The zero-order chi connectivity index (χ0) is 65.9. The molecule has 2 rings (SSSR count). The Balaban J connectivity index is 1.68. The quantitative estimate of drug-likeness (QED) is 0.0204. The highest BCUT2D eigenvalue weighted by molar-refractivity contribution is 5.76. The first-order valence-corrected chi connectivity index (χ1v) is 36.6. The van der Waals surface area contributed by atoms with Crippen LogP contribution in [0.4, 0.5) is 0 Å². The summed E-state index contributed by atoms with van der Waals surface area (Å²) in [5.41, 5.74) is 0. The molecule has 0 bridgehead atoms. The lowest BCUT2D eigenvalue weighted by molar-refractivity contribution is -0.359. The molecule has 2 fully saturated rings. The largest absolute Gasteiger partial charge is 0.394 e. The van der Waals surface area contributed by atoms with Crippen LogP contribution < -0.4 is 5.32 Å². The lowest BCUT2D eigenvalue weighted by Gasteiger charge is -2.46. The van der Waals surface area contributed by atoms with Crippen molar-refractivity contribution in [2.24, 2.45) is 0 Å². The highest BCUT2D eigenvalue weighted by Gasteiger charge is 2.51. The van der Waals surface area contributed by atoms with Gasteiger partial charge in [-0.25, -0.2) is 0 Å². The first kappa shape index (κ1) is 83.7. The summed E-state index contributed by atoms with van der Waals surface area (Å²) in [5, 5.41) is 87.5. The van der Waals surface area contributed by atoms with Crippen LogP contribution >= 0.6 is 0 Å². The molecule has 2 aliphatic heterocycles. The molecule has 0 aromatic rings. The number of hydrogen-bond acceptors (Lipinski definition) is 13. The molecule has 2 heterocycles. The molecule has 12 atom stereocenters.